The van der Waals surface area contributed by atoms with Gasteiger partial charge in [-0.25, -0.2) is 10.8 Å². The third-order valence-corrected chi connectivity index (χ3v) is 3.34. The van der Waals surface area contributed by atoms with Crippen molar-refractivity contribution in [1.82, 2.24) is 9.97 Å². The third kappa shape index (κ3) is 4.82. The SMILES string of the molecule is CCCCC(CC)COc1nc(NN)nc(C)c1[N+](=O)[O-]. The summed E-state index contributed by atoms with van der Waals surface area (Å²) >= 11 is 0. The zero-order valence-electron chi connectivity index (χ0n) is 12.8. The van der Waals surface area contributed by atoms with Crippen molar-refractivity contribution >= 4 is 11.6 Å². The Hall–Kier alpha value is -1.96. The van der Waals surface area contributed by atoms with Crippen LogP contribution in [0.3, 0.4) is 0 Å². The van der Waals surface area contributed by atoms with E-state index in [-0.39, 0.29) is 23.2 Å². The highest BCUT2D eigenvalue weighted by Crippen LogP contribution is 2.29. The van der Waals surface area contributed by atoms with Crippen LogP contribution >= 0.6 is 0 Å². The average Bonchev–Trinajstić information content (AvgIpc) is 2.46. The van der Waals surface area contributed by atoms with Gasteiger partial charge in [-0.3, -0.25) is 15.5 Å². The van der Waals surface area contributed by atoms with Crippen LogP contribution in [0.2, 0.25) is 0 Å². The molecule has 1 rings (SSSR count). The van der Waals surface area contributed by atoms with Gasteiger partial charge >= 0.3 is 5.69 Å². The maximum absolute atomic E-state index is 11.1. The number of ether oxygens (including phenoxy) is 1. The van der Waals surface area contributed by atoms with Crippen LogP contribution in [0.1, 0.15) is 45.2 Å². The van der Waals surface area contributed by atoms with E-state index in [0.29, 0.717) is 12.5 Å². The Morgan fingerprint density at radius 2 is 2.14 bits per heavy atom. The van der Waals surface area contributed by atoms with Crippen molar-refractivity contribution in [3.8, 4) is 5.88 Å². The van der Waals surface area contributed by atoms with Crippen molar-refractivity contribution in [1.29, 1.82) is 0 Å². The van der Waals surface area contributed by atoms with Gasteiger partial charge in [0, 0.05) is 0 Å². The molecule has 1 aromatic rings. The molecule has 8 heteroatoms. The lowest BCUT2D eigenvalue weighted by Crippen LogP contribution is -2.16. The first kappa shape index (κ1) is 17.1. The Bertz CT molecular complexity index is 481. The molecular formula is C13H23N5O3. The summed E-state index contributed by atoms with van der Waals surface area (Å²) in [6.45, 7) is 6.14. The third-order valence-electron chi connectivity index (χ3n) is 3.34. The highest BCUT2D eigenvalue weighted by molar-refractivity contribution is 5.48. The molecule has 0 fully saturated rings. The quantitative estimate of drug-likeness (QED) is 0.408. The predicted molar refractivity (Wildman–Crippen MR) is 80.0 cm³/mol. The topological polar surface area (TPSA) is 116 Å². The van der Waals surface area contributed by atoms with Gasteiger partial charge in [0.2, 0.25) is 5.95 Å². The minimum absolute atomic E-state index is 0.0320. The average molecular weight is 297 g/mol. The number of nitrogens with one attached hydrogen (secondary N) is 1. The van der Waals surface area contributed by atoms with Crippen LogP contribution in [-0.4, -0.2) is 21.5 Å². The van der Waals surface area contributed by atoms with E-state index in [9.17, 15) is 10.1 Å². The number of nitrogens with zero attached hydrogens (tertiary/aromatic N) is 3. The number of nitro groups is 1. The molecule has 0 saturated carbocycles. The van der Waals surface area contributed by atoms with E-state index >= 15 is 0 Å². The summed E-state index contributed by atoms with van der Waals surface area (Å²) in [5.74, 6) is 5.69. The van der Waals surface area contributed by atoms with Crippen LogP contribution in [0.4, 0.5) is 11.6 Å². The zero-order chi connectivity index (χ0) is 15.8. The van der Waals surface area contributed by atoms with Gasteiger partial charge < -0.3 is 4.74 Å². The minimum atomic E-state index is -0.530. The summed E-state index contributed by atoms with van der Waals surface area (Å²) in [6.07, 6.45) is 4.22. The molecular weight excluding hydrogens is 274 g/mol. The standard InChI is InChI=1S/C13H23N5O3/c1-4-6-7-10(5-2)8-21-12-11(18(19)20)9(3)15-13(16-12)17-14/h10H,4-8,14H2,1-3H3,(H,15,16,17). The molecule has 0 saturated heterocycles. The lowest BCUT2D eigenvalue weighted by atomic mass is 10.0. The molecule has 8 nitrogen and oxygen atoms in total. The second-order valence-corrected chi connectivity index (χ2v) is 4.92. The fraction of sp³-hybridized carbons (Fsp3) is 0.692. The van der Waals surface area contributed by atoms with Crippen LogP contribution < -0.4 is 16.0 Å². The first-order chi connectivity index (χ1) is 10.0. The summed E-state index contributed by atoms with van der Waals surface area (Å²) < 4.78 is 5.58. The fourth-order valence-corrected chi connectivity index (χ4v) is 2.01. The Labute approximate surface area is 124 Å². The molecule has 3 N–H and O–H groups in total. The normalized spacial score (nSPS) is 12.0. The van der Waals surface area contributed by atoms with Gasteiger partial charge in [-0.05, 0) is 19.3 Å². The van der Waals surface area contributed by atoms with Gasteiger partial charge in [0.1, 0.15) is 5.69 Å². The largest absolute Gasteiger partial charge is 0.472 e. The molecule has 1 unspecified atom stereocenters. The monoisotopic (exact) mass is 297 g/mol. The van der Waals surface area contributed by atoms with Crippen LogP contribution in [0.15, 0.2) is 0 Å². The number of aryl methyl sites for hydroxylation is 1. The van der Waals surface area contributed by atoms with Gasteiger partial charge in [0.25, 0.3) is 5.88 Å². The van der Waals surface area contributed by atoms with Crippen molar-refractivity contribution in [3.05, 3.63) is 15.8 Å². The maximum Gasteiger partial charge on any atom is 0.352 e. The van der Waals surface area contributed by atoms with Crippen LogP contribution in [0.5, 0.6) is 5.88 Å². The van der Waals surface area contributed by atoms with E-state index in [1.165, 1.54) is 6.92 Å². The van der Waals surface area contributed by atoms with Gasteiger partial charge in [-0.15, -0.1) is 0 Å². The molecule has 21 heavy (non-hydrogen) atoms. The molecule has 0 aliphatic carbocycles. The van der Waals surface area contributed by atoms with Gasteiger partial charge in [-0.2, -0.15) is 4.98 Å². The van der Waals surface area contributed by atoms with Gasteiger partial charge in [-0.1, -0.05) is 33.1 Å². The molecule has 0 aliphatic rings. The van der Waals surface area contributed by atoms with Crippen molar-refractivity contribution < 1.29 is 9.66 Å². The molecule has 0 bridgehead atoms. The number of aromatic nitrogens is 2. The van der Waals surface area contributed by atoms with Crippen LogP contribution in [0, 0.1) is 23.0 Å². The Morgan fingerprint density at radius 1 is 1.43 bits per heavy atom. The van der Waals surface area contributed by atoms with Gasteiger partial charge in [0.15, 0.2) is 0 Å². The minimum Gasteiger partial charge on any atom is -0.472 e. The number of rotatable bonds is 9. The lowest BCUT2D eigenvalue weighted by molar-refractivity contribution is -0.387. The van der Waals surface area contributed by atoms with E-state index in [0.717, 1.165) is 25.7 Å². The molecule has 0 aliphatic heterocycles. The molecule has 0 amide bonds. The van der Waals surface area contributed by atoms with Crippen molar-refractivity contribution in [2.24, 2.45) is 11.8 Å². The van der Waals surface area contributed by atoms with Crippen molar-refractivity contribution in [2.75, 3.05) is 12.0 Å². The van der Waals surface area contributed by atoms with E-state index in [1.54, 1.807) is 0 Å². The molecule has 118 valence electrons. The summed E-state index contributed by atoms with van der Waals surface area (Å²) in [7, 11) is 0. The summed E-state index contributed by atoms with van der Waals surface area (Å²) in [5, 5.41) is 11.1. The van der Waals surface area contributed by atoms with Gasteiger partial charge in [0.05, 0.1) is 11.5 Å². The molecule has 0 radical (unpaired) electrons. The molecule has 1 aromatic heterocycles. The van der Waals surface area contributed by atoms with Crippen LogP contribution in [0.25, 0.3) is 0 Å². The Balaban J connectivity index is 2.89. The lowest BCUT2D eigenvalue weighted by Gasteiger charge is -2.15. The summed E-state index contributed by atoms with van der Waals surface area (Å²) in [5.41, 5.74) is 2.30. The molecule has 0 spiro atoms. The van der Waals surface area contributed by atoms with E-state index in [4.69, 9.17) is 10.6 Å². The smallest absolute Gasteiger partial charge is 0.352 e. The molecule has 1 atom stereocenters. The number of nitrogen functional groups attached to an aromatic ring is 1. The number of hydrazine groups is 1. The first-order valence-electron chi connectivity index (χ1n) is 7.15. The van der Waals surface area contributed by atoms with E-state index < -0.39 is 4.92 Å². The number of anilines is 1. The number of nitrogens with two attached hydrogens (primary N) is 1. The van der Waals surface area contributed by atoms with Crippen molar-refractivity contribution in [3.63, 3.8) is 0 Å². The molecule has 0 aromatic carbocycles. The van der Waals surface area contributed by atoms with Crippen LogP contribution in [-0.2, 0) is 0 Å². The fourth-order valence-electron chi connectivity index (χ4n) is 2.01. The second-order valence-electron chi connectivity index (χ2n) is 4.92. The second kappa shape index (κ2) is 8.35. The summed E-state index contributed by atoms with van der Waals surface area (Å²) in [4.78, 5) is 18.4. The zero-order valence-corrected chi connectivity index (χ0v) is 12.8. The number of unbranched alkanes of at least 4 members (excludes halogenated alkanes) is 1. The maximum atomic E-state index is 11.1. The highest BCUT2D eigenvalue weighted by Gasteiger charge is 2.24. The number of hydrogen-bond acceptors (Lipinski definition) is 7. The van der Waals surface area contributed by atoms with Crippen molar-refractivity contribution in [2.45, 2.75) is 46.5 Å². The highest BCUT2D eigenvalue weighted by atomic mass is 16.6. The molecule has 1 heterocycles. The van der Waals surface area contributed by atoms with E-state index in [2.05, 4.69) is 29.2 Å². The summed E-state index contributed by atoms with van der Waals surface area (Å²) in [6, 6.07) is 0. The predicted octanol–water partition coefficient (Wildman–Crippen LogP) is 2.57. The Kier molecular flexibility index (Phi) is 6.80. The number of hydrogen-bond donors (Lipinski definition) is 2. The Morgan fingerprint density at radius 3 is 2.67 bits per heavy atom. The first-order valence-corrected chi connectivity index (χ1v) is 7.15. The van der Waals surface area contributed by atoms with E-state index in [1.807, 2.05) is 0 Å².